The van der Waals surface area contributed by atoms with E-state index in [0.29, 0.717) is 26.3 Å². The number of nitrogens with one attached hydrogen (secondary N) is 4. The molecule has 0 fully saturated rings. The molecule has 0 aliphatic carbocycles. The molecule has 0 atom stereocenters. The minimum Gasteiger partial charge on any atom is -0.493 e. The van der Waals surface area contributed by atoms with Crippen molar-refractivity contribution in [1.82, 2.24) is 20.6 Å². The van der Waals surface area contributed by atoms with Crippen LogP contribution >= 0.6 is 0 Å². The quantitative estimate of drug-likeness (QED) is 0.233. The summed E-state index contributed by atoms with van der Waals surface area (Å²) in [5.74, 6) is 1.59. The monoisotopic (exact) mass is 476 g/mol. The molecular weight excluding hydrogens is 444 g/mol. The fourth-order valence-corrected chi connectivity index (χ4v) is 4.09. The van der Waals surface area contributed by atoms with Gasteiger partial charge in [0.15, 0.2) is 0 Å². The van der Waals surface area contributed by atoms with Gasteiger partial charge in [0.1, 0.15) is 11.5 Å². The molecule has 0 saturated heterocycles. The van der Waals surface area contributed by atoms with Crippen molar-refractivity contribution in [3.8, 4) is 11.5 Å². The first kappa shape index (κ1) is 24.2. The molecular formula is C27H32N4O4. The van der Waals surface area contributed by atoms with Crippen LogP contribution in [0.3, 0.4) is 0 Å². The average Bonchev–Trinajstić information content (AvgIpc) is 3.42. The summed E-state index contributed by atoms with van der Waals surface area (Å²) >= 11 is 0. The molecule has 4 rings (SSSR count). The molecule has 2 heterocycles. The Morgan fingerprint density at radius 2 is 1.20 bits per heavy atom. The van der Waals surface area contributed by atoms with Crippen LogP contribution < -0.4 is 20.1 Å². The van der Waals surface area contributed by atoms with Crippen molar-refractivity contribution in [3.05, 3.63) is 59.9 Å². The van der Waals surface area contributed by atoms with Gasteiger partial charge in [-0.2, -0.15) is 0 Å². The summed E-state index contributed by atoms with van der Waals surface area (Å²) in [6.45, 7) is 5.36. The van der Waals surface area contributed by atoms with Crippen molar-refractivity contribution in [1.29, 1.82) is 0 Å². The number of amides is 2. The molecule has 8 heteroatoms. The first-order valence-electron chi connectivity index (χ1n) is 11.9. The number of fused-ring (bicyclic) bond motifs is 2. The Kier molecular flexibility index (Phi) is 7.92. The lowest BCUT2D eigenvalue weighted by Crippen LogP contribution is -2.22. The smallest absolute Gasteiger partial charge is 0.216 e. The van der Waals surface area contributed by atoms with Gasteiger partial charge in [-0.1, -0.05) is 0 Å². The van der Waals surface area contributed by atoms with E-state index in [1.807, 2.05) is 48.8 Å². The molecule has 0 spiro atoms. The zero-order chi connectivity index (χ0) is 24.6. The summed E-state index contributed by atoms with van der Waals surface area (Å²) in [4.78, 5) is 28.8. The predicted molar refractivity (Wildman–Crippen MR) is 137 cm³/mol. The van der Waals surface area contributed by atoms with Crippen molar-refractivity contribution in [2.24, 2.45) is 0 Å². The number of H-pyrrole nitrogens is 2. The van der Waals surface area contributed by atoms with Gasteiger partial charge in [-0.05, 0) is 60.4 Å². The van der Waals surface area contributed by atoms with Gasteiger partial charge in [0.25, 0.3) is 0 Å². The summed E-state index contributed by atoms with van der Waals surface area (Å²) in [5, 5.41) is 7.89. The Morgan fingerprint density at radius 1 is 0.743 bits per heavy atom. The SMILES string of the molecule is CC(=O)NCCc1c[nH]c2ccc(OCCCOc3ccc4[nH]cc(CCNC(C)=O)c4c3)cc12. The normalized spacial score (nSPS) is 11.0. The van der Waals surface area contributed by atoms with Crippen molar-refractivity contribution >= 4 is 33.6 Å². The van der Waals surface area contributed by atoms with Gasteiger partial charge in [0, 0.05) is 67.6 Å². The second kappa shape index (κ2) is 11.5. The van der Waals surface area contributed by atoms with Crippen LogP contribution in [0, 0.1) is 0 Å². The molecule has 0 bridgehead atoms. The van der Waals surface area contributed by atoms with Gasteiger partial charge in [-0.15, -0.1) is 0 Å². The van der Waals surface area contributed by atoms with Gasteiger partial charge >= 0.3 is 0 Å². The Morgan fingerprint density at radius 3 is 1.63 bits per heavy atom. The van der Waals surface area contributed by atoms with E-state index in [0.717, 1.165) is 63.7 Å². The Hall–Kier alpha value is -3.94. The Bertz CT molecular complexity index is 1210. The summed E-state index contributed by atoms with van der Waals surface area (Å²) in [7, 11) is 0. The third-order valence-corrected chi connectivity index (χ3v) is 5.84. The van der Waals surface area contributed by atoms with E-state index in [2.05, 4.69) is 20.6 Å². The lowest BCUT2D eigenvalue weighted by Gasteiger charge is -2.09. The van der Waals surface area contributed by atoms with Crippen molar-refractivity contribution in [3.63, 3.8) is 0 Å². The highest BCUT2D eigenvalue weighted by Crippen LogP contribution is 2.25. The third kappa shape index (κ3) is 6.56. The molecule has 0 unspecified atom stereocenters. The molecule has 35 heavy (non-hydrogen) atoms. The van der Waals surface area contributed by atoms with Crippen molar-refractivity contribution in [2.45, 2.75) is 33.1 Å². The summed E-state index contributed by atoms with van der Waals surface area (Å²) < 4.78 is 11.9. The predicted octanol–water partition coefficient (Wildman–Crippen LogP) is 3.85. The second-order valence-electron chi connectivity index (χ2n) is 8.56. The maximum atomic E-state index is 11.1. The van der Waals surface area contributed by atoms with E-state index in [1.54, 1.807) is 0 Å². The van der Waals surface area contributed by atoms with Crippen molar-refractivity contribution < 1.29 is 19.1 Å². The maximum absolute atomic E-state index is 11.1. The largest absolute Gasteiger partial charge is 0.493 e. The van der Waals surface area contributed by atoms with Gasteiger partial charge in [-0.3, -0.25) is 9.59 Å². The third-order valence-electron chi connectivity index (χ3n) is 5.84. The van der Waals surface area contributed by atoms with Crippen LogP contribution in [0.15, 0.2) is 48.8 Å². The Balaban J connectivity index is 1.26. The van der Waals surface area contributed by atoms with Gasteiger partial charge in [0.2, 0.25) is 11.8 Å². The Labute approximate surface area is 204 Å². The molecule has 0 aliphatic rings. The number of carbonyl (C=O) groups excluding carboxylic acids is 2. The zero-order valence-corrected chi connectivity index (χ0v) is 20.2. The fourth-order valence-electron chi connectivity index (χ4n) is 4.09. The lowest BCUT2D eigenvalue weighted by molar-refractivity contribution is -0.119. The average molecular weight is 477 g/mol. The molecule has 2 amide bonds. The van der Waals surface area contributed by atoms with Crippen LogP contribution in [0.1, 0.15) is 31.4 Å². The summed E-state index contributed by atoms with van der Waals surface area (Å²) in [5.41, 5.74) is 4.41. The van der Waals surface area contributed by atoms with Crippen molar-refractivity contribution in [2.75, 3.05) is 26.3 Å². The molecule has 0 aliphatic heterocycles. The molecule has 2 aromatic heterocycles. The first-order chi connectivity index (χ1) is 17.0. The molecule has 8 nitrogen and oxygen atoms in total. The van der Waals surface area contributed by atoms with Crippen LogP contribution in [-0.2, 0) is 22.4 Å². The van der Waals surface area contributed by atoms with E-state index in [-0.39, 0.29) is 11.8 Å². The highest BCUT2D eigenvalue weighted by Gasteiger charge is 2.08. The van der Waals surface area contributed by atoms with E-state index in [1.165, 1.54) is 13.8 Å². The highest BCUT2D eigenvalue weighted by atomic mass is 16.5. The summed E-state index contributed by atoms with van der Waals surface area (Å²) in [6, 6.07) is 12.0. The minimum atomic E-state index is -0.0218. The molecule has 0 radical (unpaired) electrons. The molecule has 0 saturated carbocycles. The molecule has 2 aromatic carbocycles. The topological polar surface area (TPSA) is 108 Å². The number of rotatable bonds is 12. The standard InChI is InChI=1S/C27H32N4O4/c1-18(32)28-10-8-20-16-30-26-6-4-22(14-24(20)26)34-12-3-13-35-23-5-7-27-25(15-23)21(17-31-27)9-11-29-19(2)33/h4-7,14-17,30-31H,3,8-13H2,1-2H3,(H,28,32)(H,29,33). The number of hydrogen-bond donors (Lipinski definition) is 4. The van der Waals surface area contributed by atoms with Gasteiger partial charge < -0.3 is 30.1 Å². The van der Waals surface area contributed by atoms with Gasteiger partial charge in [0.05, 0.1) is 13.2 Å². The van der Waals surface area contributed by atoms with Crippen LogP contribution in [0.4, 0.5) is 0 Å². The molecule has 4 N–H and O–H groups in total. The summed E-state index contributed by atoms with van der Waals surface area (Å²) in [6.07, 6.45) is 6.24. The van der Waals surface area contributed by atoms with E-state index in [9.17, 15) is 9.59 Å². The first-order valence-corrected chi connectivity index (χ1v) is 11.9. The lowest BCUT2D eigenvalue weighted by atomic mass is 10.1. The minimum absolute atomic E-state index is 0.0218. The maximum Gasteiger partial charge on any atom is 0.216 e. The van der Waals surface area contributed by atoms with E-state index < -0.39 is 0 Å². The van der Waals surface area contributed by atoms with Crippen LogP contribution in [0.25, 0.3) is 21.8 Å². The highest BCUT2D eigenvalue weighted by molar-refractivity contribution is 5.85. The number of hydrogen-bond acceptors (Lipinski definition) is 4. The fraction of sp³-hybridized carbons (Fsp3) is 0.333. The number of aromatic amines is 2. The molecule has 184 valence electrons. The second-order valence-corrected chi connectivity index (χ2v) is 8.56. The number of ether oxygens (including phenoxy) is 2. The number of carbonyl (C=O) groups is 2. The van der Waals surface area contributed by atoms with E-state index >= 15 is 0 Å². The number of benzene rings is 2. The van der Waals surface area contributed by atoms with Gasteiger partial charge in [-0.25, -0.2) is 0 Å². The number of aromatic nitrogens is 2. The van der Waals surface area contributed by atoms with Crippen LogP contribution in [0.2, 0.25) is 0 Å². The van der Waals surface area contributed by atoms with Crippen LogP contribution in [0.5, 0.6) is 11.5 Å². The molecule has 4 aromatic rings. The van der Waals surface area contributed by atoms with E-state index in [4.69, 9.17) is 9.47 Å². The zero-order valence-electron chi connectivity index (χ0n) is 20.2. The van der Waals surface area contributed by atoms with Crippen LogP contribution in [-0.4, -0.2) is 48.1 Å².